The van der Waals surface area contributed by atoms with E-state index >= 15 is 0 Å². The molecule has 2 aromatic heterocycles. The standard InChI is InChI=1S/C24H29F3N4O2S/c1-7-13(2)34-16-8-10-19(18(12-16)24(25,26)27)29-20(32)11-9-17-14(3)21-22(28-15(17)4)31(5)30-23(21)33-6/h8,10,12-13H,7,9,11H2,1-6H3,(H,29,32). The molecule has 1 atom stereocenters. The zero-order chi connectivity index (χ0) is 25.2. The maximum absolute atomic E-state index is 13.7. The minimum absolute atomic E-state index is 0.0120. The molecule has 1 N–H and O–H groups in total. The predicted molar refractivity (Wildman–Crippen MR) is 129 cm³/mol. The molecule has 2 heterocycles. The third-order valence-corrected chi connectivity index (χ3v) is 7.06. The highest BCUT2D eigenvalue weighted by molar-refractivity contribution is 7.99. The van der Waals surface area contributed by atoms with E-state index in [9.17, 15) is 18.0 Å². The smallest absolute Gasteiger partial charge is 0.418 e. The Morgan fingerprint density at radius 1 is 1.29 bits per heavy atom. The van der Waals surface area contributed by atoms with Crippen LogP contribution in [-0.4, -0.2) is 33.0 Å². The summed E-state index contributed by atoms with van der Waals surface area (Å²) < 4.78 is 48.1. The molecule has 34 heavy (non-hydrogen) atoms. The fraction of sp³-hybridized carbons (Fsp3) is 0.458. The number of ether oxygens (including phenoxy) is 1. The molecular weight excluding hydrogens is 465 g/mol. The van der Waals surface area contributed by atoms with Gasteiger partial charge in [0.05, 0.1) is 23.7 Å². The number of alkyl halides is 3. The number of hydrogen-bond donors (Lipinski definition) is 1. The lowest BCUT2D eigenvalue weighted by atomic mass is 10.00. The zero-order valence-corrected chi connectivity index (χ0v) is 20.9. The summed E-state index contributed by atoms with van der Waals surface area (Å²) in [6.45, 7) is 7.70. The van der Waals surface area contributed by atoms with Crippen molar-refractivity contribution >= 4 is 34.4 Å². The average molecular weight is 495 g/mol. The van der Waals surface area contributed by atoms with E-state index in [1.54, 1.807) is 17.8 Å². The molecular formula is C24H29F3N4O2S. The number of carbonyl (C=O) groups is 1. The number of amides is 1. The van der Waals surface area contributed by atoms with E-state index in [0.29, 0.717) is 22.8 Å². The van der Waals surface area contributed by atoms with Crippen LogP contribution in [0.1, 0.15) is 49.1 Å². The van der Waals surface area contributed by atoms with Crippen molar-refractivity contribution in [2.45, 2.75) is 63.3 Å². The number of benzene rings is 1. The summed E-state index contributed by atoms with van der Waals surface area (Å²) in [6.07, 6.45) is -3.39. The number of anilines is 1. The first-order chi connectivity index (χ1) is 16.0. The van der Waals surface area contributed by atoms with E-state index in [-0.39, 0.29) is 17.4 Å². The van der Waals surface area contributed by atoms with Crippen LogP contribution in [0.4, 0.5) is 18.9 Å². The molecule has 6 nitrogen and oxygen atoms in total. The molecule has 1 unspecified atom stereocenters. The van der Waals surface area contributed by atoms with Gasteiger partial charge in [-0.15, -0.1) is 16.9 Å². The van der Waals surface area contributed by atoms with E-state index in [4.69, 9.17) is 4.74 Å². The van der Waals surface area contributed by atoms with Gasteiger partial charge in [-0.3, -0.25) is 4.79 Å². The monoisotopic (exact) mass is 494 g/mol. The van der Waals surface area contributed by atoms with Gasteiger partial charge in [0.25, 0.3) is 0 Å². The van der Waals surface area contributed by atoms with Crippen LogP contribution >= 0.6 is 11.8 Å². The molecule has 3 aromatic rings. The van der Waals surface area contributed by atoms with Gasteiger partial charge in [0, 0.05) is 29.3 Å². The first kappa shape index (κ1) is 25.9. The lowest BCUT2D eigenvalue weighted by Crippen LogP contribution is -2.17. The van der Waals surface area contributed by atoms with Crippen LogP contribution in [-0.2, 0) is 24.4 Å². The number of pyridine rings is 1. The van der Waals surface area contributed by atoms with E-state index in [1.807, 2.05) is 27.7 Å². The second-order valence-electron chi connectivity index (χ2n) is 8.22. The maximum atomic E-state index is 13.7. The van der Waals surface area contributed by atoms with Gasteiger partial charge in [-0.25, -0.2) is 9.67 Å². The number of nitrogens with zero attached hydrogens (tertiary/aromatic N) is 3. The molecule has 0 aliphatic heterocycles. The Morgan fingerprint density at radius 2 is 2.00 bits per heavy atom. The fourth-order valence-electron chi connectivity index (χ4n) is 3.81. The van der Waals surface area contributed by atoms with Crippen molar-refractivity contribution in [1.29, 1.82) is 0 Å². The molecule has 0 spiro atoms. The van der Waals surface area contributed by atoms with Crippen molar-refractivity contribution in [2.24, 2.45) is 7.05 Å². The number of aryl methyl sites for hydroxylation is 3. The van der Waals surface area contributed by atoms with Crippen LogP contribution in [0.3, 0.4) is 0 Å². The molecule has 0 saturated heterocycles. The summed E-state index contributed by atoms with van der Waals surface area (Å²) in [7, 11) is 3.30. The van der Waals surface area contributed by atoms with Crippen LogP contribution < -0.4 is 10.1 Å². The number of nitrogens with one attached hydrogen (secondary N) is 1. The Morgan fingerprint density at radius 3 is 2.62 bits per heavy atom. The summed E-state index contributed by atoms with van der Waals surface area (Å²) in [6, 6.07) is 4.05. The lowest BCUT2D eigenvalue weighted by Gasteiger charge is -2.17. The molecule has 0 saturated carbocycles. The molecule has 0 fully saturated rings. The SMILES string of the molecule is CCC(C)Sc1ccc(NC(=O)CCc2c(C)nc3c(c(OC)nn3C)c2C)c(C(F)(F)F)c1. The van der Waals surface area contributed by atoms with Crippen LogP contribution in [0.25, 0.3) is 11.0 Å². The molecule has 1 amide bonds. The normalized spacial score (nSPS) is 12.7. The first-order valence-electron chi connectivity index (χ1n) is 11.0. The number of thioether (sulfide) groups is 1. The Bertz CT molecular complexity index is 1210. The summed E-state index contributed by atoms with van der Waals surface area (Å²) in [4.78, 5) is 17.8. The minimum Gasteiger partial charge on any atom is -0.479 e. The highest BCUT2D eigenvalue weighted by Gasteiger charge is 2.34. The zero-order valence-electron chi connectivity index (χ0n) is 20.1. The Kier molecular flexibility index (Phi) is 7.80. The number of rotatable bonds is 8. The van der Waals surface area contributed by atoms with Crippen molar-refractivity contribution < 1.29 is 22.7 Å². The topological polar surface area (TPSA) is 69.0 Å². The maximum Gasteiger partial charge on any atom is 0.418 e. The largest absolute Gasteiger partial charge is 0.479 e. The fourth-order valence-corrected chi connectivity index (χ4v) is 4.78. The third-order valence-electron chi connectivity index (χ3n) is 5.80. The molecule has 0 bridgehead atoms. The molecule has 0 radical (unpaired) electrons. The summed E-state index contributed by atoms with van der Waals surface area (Å²) in [5.74, 6) is -0.0525. The van der Waals surface area contributed by atoms with Gasteiger partial charge in [-0.05, 0) is 56.0 Å². The molecule has 0 aliphatic carbocycles. The van der Waals surface area contributed by atoms with Crippen molar-refractivity contribution in [3.8, 4) is 5.88 Å². The number of methoxy groups -OCH3 is 1. The molecule has 1 aromatic carbocycles. The second kappa shape index (κ2) is 10.2. The van der Waals surface area contributed by atoms with Crippen molar-refractivity contribution in [1.82, 2.24) is 14.8 Å². The Hall–Kier alpha value is -2.75. The average Bonchev–Trinajstić information content (AvgIpc) is 3.09. The van der Waals surface area contributed by atoms with Crippen LogP contribution in [0.2, 0.25) is 0 Å². The van der Waals surface area contributed by atoms with Crippen molar-refractivity contribution in [3.05, 3.63) is 40.6 Å². The third kappa shape index (κ3) is 5.48. The summed E-state index contributed by atoms with van der Waals surface area (Å²) in [5.41, 5.74) is 2.08. The molecule has 184 valence electrons. The number of halogens is 3. The van der Waals surface area contributed by atoms with Gasteiger partial charge in [0.2, 0.25) is 11.8 Å². The van der Waals surface area contributed by atoms with Crippen molar-refractivity contribution in [2.75, 3.05) is 12.4 Å². The summed E-state index contributed by atoms with van der Waals surface area (Å²) in [5, 5.41) is 7.72. The lowest BCUT2D eigenvalue weighted by molar-refractivity contribution is -0.137. The Labute approximate surface area is 201 Å². The number of aromatic nitrogens is 3. The molecule has 0 aliphatic rings. The minimum atomic E-state index is -4.58. The van der Waals surface area contributed by atoms with E-state index < -0.39 is 17.6 Å². The van der Waals surface area contributed by atoms with Crippen LogP contribution in [0.15, 0.2) is 23.1 Å². The van der Waals surface area contributed by atoms with Crippen LogP contribution in [0, 0.1) is 13.8 Å². The number of fused-ring (bicyclic) bond motifs is 1. The van der Waals surface area contributed by atoms with Gasteiger partial charge < -0.3 is 10.1 Å². The van der Waals surface area contributed by atoms with Crippen LogP contribution in [0.5, 0.6) is 5.88 Å². The summed E-state index contributed by atoms with van der Waals surface area (Å²) >= 11 is 1.38. The first-order valence-corrected chi connectivity index (χ1v) is 11.9. The van der Waals surface area contributed by atoms with E-state index in [2.05, 4.69) is 15.4 Å². The van der Waals surface area contributed by atoms with E-state index in [0.717, 1.165) is 34.7 Å². The van der Waals surface area contributed by atoms with Gasteiger partial charge in [0.1, 0.15) is 0 Å². The molecule has 3 rings (SSSR count). The van der Waals surface area contributed by atoms with Gasteiger partial charge in [-0.1, -0.05) is 13.8 Å². The van der Waals surface area contributed by atoms with Gasteiger partial charge in [-0.2, -0.15) is 13.2 Å². The van der Waals surface area contributed by atoms with Gasteiger partial charge >= 0.3 is 6.18 Å². The van der Waals surface area contributed by atoms with Gasteiger partial charge in [0.15, 0.2) is 5.65 Å². The quantitative estimate of drug-likeness (QED) is 0.385. The number of carbonyl (C=O) groups excluding carboxylic acids is 1. The van der Waals surface area contributed by atoms with Crippen molar-refractivity contribution in [3.63, 3.8) is 0 Å². The predicted octanol–water partition coefficient (Wildman–Crippen LogP) is 6.07. The Balaban J connectivity index is 1.81. The second-order valence-corrected chi connectivity index (χ2v) is 9.73. The highest BCUT2D eigenvalue weighted by Crippen LogP contribution is 2.38. The number of hydrogen-bond acceptors (Lipinski definition) is 5. The van der Waals surface area contributed by atoms with E-state index in [1.165, 1.54) is 24.9 Å². The highest BCUT2D eigenvalue weighted by atomic mass is 32.2. The molecule has 10 heteroatoms.